The summed E-state index contributed by atoms with van der Waals surface area (Å²) < 4.78 is 10.7. The van der Waals surface area contributed by atoms with Crippen molar-refractivity contribution in [1.29, 1.82) is 0 Å². The van der Waals surface area contributed by atoms with Crippen molar-refractivity contribution in [2.75, 3.05) is 0 Å². The zero-order valence-corrected chi connectivity index (χ0v) is 16.6. The molecule has 0 saturated heterocycles. The van der Waals surface area contributed by atoms with Crippen LogP contribution in [0.3, 0.4) is 0 Å². The van der Waals surface area contributed by atoms with Gasteiger partial charge in [-0.3, -0.25) is 14.5 Å². The van der Waals surface area contributed by atoms with Crippen LogP contribution >= 0.6 is 0 Å². The number of fused-ring (bicyclic) bond motifs is 1. The maximum absolute atomic E-state index is 12.8. The van der Waals surface area contributed by atoms with Crippen LogP contribution in [-0.2, 0) is 16.1 Å². The van der Waals surface area contributed by atoms with E-state index in [9.17, 15) is 14.4 Å². The highest BCUT2D eigenvalue weighted by Crippen LogP contribution is 2.28. The number of carbonyl (C=O) groups is 3. The Morgan fingerprint density at radius 2 is 1.60 bits per heavy atom. The number of hydrogen-bond donors (Lipinski definition) is 0. The van der Waals surface area contributed by atoms with Crippen molar-refractivity contribution in [2.24, 2.45) is 5.92 Å². The van der Waals surface area contributed by atoms with E-state index >= 15 is 0 Å². The summed E-state index contributed by atoms with van der Waals surface area (Å²) in [4.78, 5) is 39.4. The van der Waals surface area contributed by atoms with E-state index in [4.69, 9.17) is 9.26 Å². The molecule has 4 rings (SSSR count). The summed E-state index contributed by atoms with van der Waals surface area (Å²) >= 11 is 0. The van der Waals surface area contributed by atoms with Crippen LogP contribution in [0, 0.1) is 5.92 Å². The van der Waals surface area contributed by atoms with Crippen LogP contribution in [-0.4, -0.2) is 33.9 Å². The third-order valence-electron chi connectivity index (χ3n) is 4.96. The Balaban J connectivity index is 1.49. The van der Waals surface area contributed by atoms with Crippen molar-refractivity contribution in [2.45, 2.75) is 26.5 Å². The predicted octanol–water partition coefficient (Wildman–Crippen LogP) is 3.71. The first kappa shape index (κ1) is 19.6. The van der Waals surface area contributed by atoms with Crippen molar-refractivity contribution in [1.82, 2.24) is 10.1 Å². The highest BCUT2D eigenvalue weighted by molar-refractivity contribution is 6.22. The topological polar surface area (TPSA) is 89.7 Å². The molecule has 2 aromatic carbocycles. The fourth-order valence-electron chi connectivity index (χ4n) is 3.48. The van der Waals surface area contributed by atoms with Crippen LogP contribution in [0.2, 0.25) is 0 Å². The molecule has 1 aliphatic heterocycles. The molecular weight excluding hydrogens is 384 g/mol. The summed E-state index contributed by atoms with van der Waals surface area (Å²) in [5.41, 5.74) is 1.88. The maximum Gasteiger partial charge on any atom is 0.330 e. The Labute approximate surface area is 173 Å². The van der Waals surface area contributed by atoms with Crippen LogP contribution in [0.15, 0.2) is 65.2 Å². The molecule has 1 atom stereocenters. The van der Waals surface area contributed by atoms with Crippen LogP contribution in [0.5, 0.6) is 0 Å². The smallest absolute Gasteiger partial charge is 0.330 e. The number of imide groups is 1. The Bertz CT molecular complexity index is 1070. The zero-order chi connectivity index (χ0) is 21.3. The lowest BCUT2D eigenvalue weighted by Crippen LogP contribution is -2.48. The lowest BCUT2D eigenvalue weighted by atomic mass is 10.0. The molecule has 2 amide bonds. The number of hydrogen-bond acceptors (Lipinski definition) is 6. The largest absolute Gasteiger partial charge is 0.457 e. The minimum Gasteiger partial charge on any atom is -0.457 e. The van der Waals surface area contributed by atoms with Gasteiger partial charge in [0.15, 0.2) is 5.76 Å². The molecule has 152 valence electrons. The minimum atomic E-state index is -1.03. The zero-order valence-electron chi connectivity index (χ0n) is 16.6. The van der Waals surface area contributed by atoms with E-state index in [-0.39, 0.29) is 12.5 Å². The van der Waals surface area contributed by atoms with Gasteiger partial charge in [-0.2, -0.15) is 0 Å². The Morgan fingerprint density at radius 3 is 2.20 bits per heavy atom. The molecule has 0 fully saturated rings. The number of ether oxygens (including phenoxy) is 1. The highest BCUT2D eigenvalue weighted by atomic mass is 16.5. The van der Waals surface area contributed by atoms with Gasteiger partial charge in [0.1, 0.15) is 18.3 Å². The van der Waals surface area contributed by atoms with Gasteiger partial charge in [-0.05, 0) is 18.1 Å². The highest BCUT2D eigenvalue weighted by Gasteiger charge is 2.44. The Hall–Kier alpha value is -3.74. The number of benzene rings is 2. The van der Waals surface area contributed by atoms with Gasteiger partial charge in [0.05, 0.1) is 11.1 Å². The molecule has 7 nitrogen and oxygen atoms in total. The summed E-state index contributed by atoms with van der Waals surface area (Å²) in [7, 11) is 0. The average molecular weight is 404 g/mol. The first-order chi connectivity index (χ1) is 14.5. The lowest BCUT2D eigenvalue weighted by molar-refractivity contribution is -0.151. The lowest BCUT2D eigenvalue weighted by Gasteiger charge is -2.27. The molecule has 3 aromatic rings. The first-order valence-electron chi connectivity index (χ1n) is 9.62. The summed E-state index contributed by atoms with van der Waals surface area (Å²) in [5.74, 6) is -1.40. The molecule has 0 bridgehead atoms. The van der Waals surface area contributed by atoms with Gasteiger partial charge in [0.25, 0.3) is 11.8 Å². The van der Waals surface area contributed by atoms with Gasteiger partial charge < -0.3 is 9.26 Å². The number of amides is 2. The fraction of sp³-hybridized carbons (Fsp3) is 0.217. The Kier molecular flexibility index (Phi) is 5.18. The van der Waals surface area contributed by atoms with Crippen LogP contribution in [0.4, 0.5) is 0 Å². The third-order valence-corrected chi connectivity index (χ3v) is 4.96. The number of aromatic nitrogens is 1. The first-order valence-corrected chi connectivity index (χ1v) is 9.62. The molecule has 1 aliphatic rings. The third kappa shape index (κ3) is 3.50. The molecule has 0 unspecified atom stereocenters. The van der Waals surface area contributed by atoms with E-state index < -0.39 is 23.8 Å². The molecule has 0 radical (unpaired) electrons. The van der Waals surface area contributed by atoms with Crippen molar-refractivity contribution in [3.8, 4) is 11.3 Å². The maximum atomic E-state index is 12.8. The quantitative estimate of drug-likeness (QED) is 0.460. The summed E-state index contributed by atoms with van der Waals surface area (Å²) in [6.07, 6.45) is 0. The second-order valence-electron chi connectivity index (χ2n) is 7.37. The number of carbonyl (C=O) groups excluding carboxylic acids is 3. The monoisotopic (exact) mass is 404 g/mol. The average Bonchev–Trinajstić information content (AvgIpc) is 3.32. The van der Waals surface area contributed by atoms with Gasteiger partial charge >= 0.3 is 5.97 Å². The van der Waals surface area contributed by atoms with E-state index in [1.54, 1.807) is 44.2 Å². The SMILES string of the molecule is CC(C)[C@H](C(=O)OCc1cc(-c2ccccc2)on1)N1C(=O)c2ccccc2C1=O. The molecule has 0 saturated carbocycles. The normalized spacial score (nSPS) is 14.2. The summed E-state index contributed by atoms with van der Waals surface area (Å²) in [6.45, 7) is 3.40. The van der Waals surface area contributed by atoms with Gasteiger partial charge in [-0.15, -0.1) is 0 Å². The number of nitrogens with zero attached hydrogens (tertiary/aromatic N) is 2. The van der Waals surface area contributed by atoms with Crippen LogP contribution < -0.4 is 0 Å². The summed E-state index contributed by atoms with van der Waals surface area (Å²) in [5, 5.41) is 3.93. The van der Waals surface area contributed by atoms with E-state index in [1.165, 1.54) is 0 Å². The van der Waals surface area contributed by atoms with Crippen molar-refractivity contribution in [3.05, 3.63) is 77.5 Å². The van der Waals surface area contributed by atoms with E-state index in [0.717, 1.165) is 10.5 Å². The molecule has 30 heavy (non-hydrogen) atoms. The minimum absolute atomic E-state index is 0.123. The Morgan fingerprint density at radius 1 is 1.00 bits per heavy atom. The molecule has 1 aromatic heterocycles. The predicted molar refractivity (Wildman–Crippen MR) is 107 cm³/mol. The van der Waals surface area contributed by atoms with Crippen molar-refractivity contribution < 1.29 is 23.6 Å². The summed E-state index contributed by atoms with van der Waals surface area (Å²) in [6, 6.07) is 16.6. The molecular formula is C23H20N2O5. The molecule has 0 aliphatic carbocycles. The van der Waals surface area contributed by atoms with Gasteiger partial charge in [0, 0.05) is 11.6 Å². The van der Waals surface area contributed by atoms with E-state index in [2.05, 4.69) is 5.16 Å². The molecule has 0 N–H and O–H groups in total. The van der Waals surface area contributed by atoms with E-state index in [1.807, 2.05) is 30.3 Å². The van der Waals surface area contributed by atoms with Crippen LogP contribution in [0.25, 0.3) is 11.3 Å². The number of esters is 1. The van der Waals surface area contributed by atoms with E-state index in [0.29, 0.717) is 22.6 Å². The second-order valence-corrected chi connectivity index (χ2v) is 7.37. The molecule has 7 heteroatoms. The van der Waals surface area contributed by atoms with Gasteiger partial charge in [-0.25, -0.2) is 4.79 Å². The van der Waals surface area contributed by atoms with Crippen molar-refractivity contribution in [3.63, 3.8) is 0 Å². The molecule has 0 spiro atoms. The fourth-order valence-corrected chi connectivity index (χ4v) is 3.48. The molecule has 2 heterocycles. The second kappa shape index (κ2) is 7.94. The standard InChI is InChI=1S/C23H20N2O5/c1-14(2)20(25-21(26)17-10-6-7-11-18(17)22(25)27)23(28)29-13-16-12-19(30-24-16)15-8-4-3-5-9-15/h3-12,14,20H,13H2,1-2H3/t20-/m1/s1. The van der Waals surface area contributed by atoms with Crippen molar-refractivity contribution >= 4 is 17.8 Å². The van der Waals surface area contributed by atoms with Gasteiger partial charge in [-0.1, -0.05) is 61.5 Å². The van der Waals surface area contributed by atoms with Crippen LogP contribution in [0.1, 0.15) is 40.3 Å². The number of rotatable bonds is 6. The van der Waals surface area contributed by atoms with Gasteiger partial charge in [0.2, 0.25) is 0 Å².